The highest BCUT2D eigenvalue weighted by molar-refractivity contribution is 6.31. The number of rotatable bonds is 5. The predicted molar refractivity (Wildman–Crippen MR) is 110 cm³/mol. The van der Waals surface area contributed by atoms with Crippen molar-refractivity contribution in [1.82, 2.24) is 15.5 Å². The van der Waals surface area contributed by atoms with Crippen molar-refractivity contribution in [2.75, 3.05) is 19.8 Å². The highest BCUT2D eigenvalue weighted by Crippen LogP contribution is 2.38. The second-order valence-corrected chi connectivity index (χ2v) is 7.96. The molecule has 0 atom stereocenters. The van der Waals surface area contributed by atoms with E-state index in [1.54, 1.807) is 12.1 Å². The van der Waals surface area contributed by atoms with Gasteiger partial charge < -0.3 is 14.6 Å². The number of aromatic nitrogens is 2. The number of nitrogens with zero attached hydrogens (tertiary/aromatic N) is 2. The van der Waals surface area contributed by atoms with Crippen molar-refractivity contribution < 1.29 is 27.2 Å². The van der Waals surface area contributed by atoms with Crippen LogP contribution >= 0.6 is 11.6 Å². The van der Waals surface area contributed by atoms with E-state index < -0.39 is 12.1 Å². The molecule has 0 saturated carbocycles. The molecule has 0 unspecified atom stereocenters. The maximum atomic E-state index is 12.9. The van der Waals surface area contributed by atoms with E-state index in [0.717, 1.165) is 5.56 Å². The highest BCUT2D eigenvalue weighted by Gasteiger charge is 2.39. The van der Waals surface area contributed by atoms with Gasteiger partial charge in [-0.2, -0.15) is 18.2 Å². The molecule has 0 spiro atoms. The van der Waals surface area contributed by atoms with Crippen LogP contribution in [-0.2, 0) is 16.3 Å². The zero-order valence-electron chi connectivity index (χ0n) is 16.8. The Kier molecular flexibility index (Phi) is 6.21. The summed E-state index contributed by atoms with van der Waals surface area (Å²) in [7, 11) is 0. The van der Waals surface area contributed by atoms with Gasteiger partial charge in [0.1, 0.15) is 0 Å². The van der Waals surface area contributed by atoms with E-state index in [4.69, 9.17) is 16.3 Å². The van der Waals surface area contributed by atoms with Crippen LogP contribution in [0.2, 0.25) is 5.02 Å². The van der Waals surface area contributed by atoms with Gasteiger partial charge in [-0.3, -0.25) is 4.79 Å². The summed E-state index contributed by atoms with van der Waals surface area (Å²) in [6.07, 6.45) is -3.35. The molecule has 168 valence electrons. The molecule has 1 aliphatic heterocycles. The van der Waals surface area contributed by atoms with Crippen LogP contribution in [0.1, 0.15) is 34.7 Å². The normalized spacial score (nSPS) is 16.0. The van der Waals surface area contributed by atoms with Crippen molar-refractivity contribution in [2.24, 2.45) is 0 Å². The summed E-state index contributed by atoms with van der Waals surface area (Å²) in [6, 6.07) is 13.6. The molecule has 0 bridgehead atoms. The van der Waals surface area contributed by atoms with Gasteiger partial charge in [0.05, 0.1) is 0 Å². The number of halogens is 4. The SMILES string of the molecule is O=C(NCC1(c2ccccc2Cl)CCOCC1)c1cccc(-c2noc(C(F)(F)F)n2)c1. The van der Waals surface area contributed by atoms with Crippen molar-refractivity contribution in [2.45, 2.75) is 24.4 Å². The number of amides is 1. The van der Waals surface area contributed by atoms with Gasteiger partial charge in [0.15, 0.2) is 0 Å². The summed E-state index contributed by atoms with van der Waals surface area (Å²) in [4.78, 5) is 16.2. The second kappa shape index (κ2) is 8.91. The minimum Gasteiger partial charge on any atom is -0.381 e. The second-order valence-electron chi connectivity index (χ2n) is 7.56. The fraction of sp³-hybridized carbons (Fsp3) is 0.318. The van der Waals surface area contributed by atoms with E-state index in [1.165, 1.54) is 12.1 Å². The van der Waals surface area contributed by atoms with Crippen molar-refractivity contribution in [3.63, 3.8) is 0 Å². The molecular weight excluding hydrogens is 447 g/mol. The first-order chi connectivity index (χ1) is 15.3. The number of carbonyl (C=O) groups excluding carboxylic acids is 1. The molecule has 4 rings (SSSR count). The fourth-order valence-corrected chi connectivity index (χ4v) is 4.14. The largest absolute Gasteiger partial charge is 0.471 e. The first-order valence-corrected chi connectivity index (χ1v) is 10.3. The van der Waals surface area contributed by atoms with Crippen LogP contribution in [0.4, 0.5) is 13.2 Å². The molecule has 32 heavy (non-hydrogen) atoms. The first kappa shape index (κ1) is 22.3. The van der Waals surface area contributed by atoms with Crippen LogP contribution in [0.25, 0.3) is 11.4 Å². The topological polar surface area (TPSA) is 77.2 Å². The van der Waals surface area contributed by atoms with Gasteiger partial charge in [0.2, 0.25) is 5.82 Å². The molecule has 0 aliphatic carbocycles. The molecule has 1 saturated heterocycles. The number of benzene rings is 2. The van der Waals surface area contributed by atoms with Crippen molar-refractivity contribution in [1.29, 1.82) is 0 Å². The third-order valence-corrected chi connectivity index (χ3v) is 5.86. The Morgan fingerprint density at radius 3 is 2.56 bits per heavy atom. The zero-order chi connectivity index (χ0) is 22.8. The number of alkyl halides is 3. The Labute approximate surface area is 186 Å². The smallest absolute Gasteiger partial charge is 0.381 e. The minimum absolute atomic E-state index is 0.240. The number of hydrogen-bond acceptors (Lipinski definition) is 5. The first-order valence-electron chi connectivity index (χ1n) is 9.91. The lowest BCUT2D eigenvalue weighted by atomic mass is 9.74. The number of hydrogen-bond donors (Lipinski definition) is 1. The van der Waals surface area contributed by atoms with Crippen molar-refractivity contribution >= 4 is 17.5 Å². The predicted octanol–water partition coefficient (Wildman–Crippen LogP) is 4.89. The van der Waals surface area contributed by atoms with E-state index in [1.807, 2.05) is 24.3 Å². The number of nitrogens with one attached hydrogen (secondary N) is 1. The zero-order valence-corrected chi connectivity index (χ0v) is 17.5. The Morgan fingerprint density at radius 2 is 1.88 bits per heavy atom. The lowest BCUT2D eigenvalue weighted by molar-refractivity contribution is -0.159. The Morgan fingerprint density at radius 1 is 1.12 bits per heavy atom. The molecular formula is C22H19ClF3N3O3. The standard InChI is InChI=1S/C22H19ClF3N3O3/c23-17-7-2-1-6-16(17)21(8-10-31-11-9-21)13-27-19(30)15-5-3-4-14(12-15)18-28-20(32-29-18)22(24,25)26/h1-7,12H,8-11,13H2,(H,27,30). The average molecular weight is 466 g/mol. The minimum atomic E-state index is -4.74. The van der Waals surface area contributed by atoms with Crippen molar-refractivity contribution in [3.05, 3.63) is 70.6 Å². The molecule has 2 heterocycles. The molecule has 1 aliphatic rings. The van der Waals surface area contributed by atoms with Crippen LogP contribution in [0.3, 0.4) is 0 Å². The Balaban J connectivity index is 1.53. The molecule has 10 heteroatoms. The molecule has 2 aromatic carbocycles. The van der Waals surface area contributed by atoms with Crippen LogP contribution in [-0.4, -0.2) is 35.8 Å². The van der Waals surface area contributed by atoms with Crippen LogP contribution < -0.4 is 5.32 Å². The van der Waals surface area contributed by atoms with E-state index in [9.17, 15) is 18.0 Å². The highest BCUT2D eigenvalue weighted by atomic mass is 35.5. The van der Waals surface area contributed by atoms with Gasteiger partial charge in [-0.05, 0) is 36.6 Å². The maximum Gasteiger partial charge on any atom is 0.471 e. The lowest BCUT2D eigenvalue weighted by Crippen LogP contribution is -2.44. The molecule has 1 aromatic heterocycles. The summed E-state index contributed by atoms with van der Waals surface area (Å²) >= 11 is 6.45. The van der Waals surface area contributed by atoms with Gasteiger partial charge in [0, 0.05) is 41.3 Å². The van der Waals surface area contributed by atoms with E-state index in [2.05, 4.69) is 20.0 Å². The molecule has 3 aromatic rings. The molecule has 1 amide bonds. The molecule has 1 fully saturated rings. The van der Waals surface area contributed by atoms with E-state index >= 15 is 0 Å². The van der Waals surface area contributed by atoms with Crippen molar-refractivity contribution in [3.8, 4) is 11.4 Å². The Hall–Kier alpha value is -2.91. The van der Waals surface area contributed by atoms with Gasteiger partial charge >= 0.3 is 12.1 Å². The van der Waals surface area contributed by atoms with Gasteiger partial charge in [-0.15, -0.1) is 0 Å². The van der Waals surface area contributed by atoms with Crippen LogP contribution in [0.15, 0.2) is 53.1 Å². The average Bonchev–Trinajstić information content (AvgIpc) is 3.30. The third kappa shape index (κ3) is 4.63. The Bertz CT molecular complexity index is 1110. The maximum absolute atomic E-state index is 12.9. The lowest BCUT2D eigenvalue weighted by Gasteiger charge is -2.38. The number of ether oxygens (including phenoxy) is 1. The molecule has 1 N–H and O–H groups in total. The van der Waals surface area contributed by atoms with Crippen LogP contribution in [0.5, 0.6) is 0 Å². The quantitative estimate of drug-likeness (QED) is 0.580. The van der Waals surface area contributed by atoms with E-state index in [-0.39, 0.29) is 28.3 Å². The fourth-order valence-electron chi connectivity index (χ4n) is 3.80. The summed E-state index contributed by atoms with van der Waals surface area (Å²) in [5.41, 5.74) is 1.08. The van der Waals surface area contributed by atoms with Gasteiger partial charge in [-0.1, -0.05) is 47.1 Å². The summed E-state index contributed by atoms with van der Waals surface area (Å²) in [5.74, 6) is -2.06. The van der Waals surface area contributed by atoms with Crippen LogP contribution in [0, 0.1) is 0 Å². The summed E-state index contributed by atoms with van der Waals surface area (Å²) in [5, 5.41) is 6.94. The third-order valence-electron chi connectivity index (χ3n) is 5.53. The number of carbonyl (C=O) groups is 1. The summed E-state index contributed by atoms with van der Waals surface area (Å²) in [6.45, 7) is 1.44. The molecule has 0 radical (unpaired) electrons. The van der Waals surface area contributed by atoms with Gasteiger partial charge in [0.25, 0.3) is 5.91 Å². The summed E-state index contributed by atoms with van der Waals surface area (Å²) < 4.78 is 48.0. The van der Waals surface area contributed by atoms with Gasteiger partial charge in [-0.25, -0.2) is 0 Å². The molecule has 6 nitrogen and oxygen atoms in total. The monoisotopic (exact) mass is 465 g/mol. The van der Waals surface area contributed by atoms with E-state index in [0.29, 0.717) is 37.6 Å².